The van der Waals surface area contributed by atoms with E-state index in [1.807, 2.05) is 35.0 Å². The summed E-state index contributed by atoms with van der Waals surface area (Å²) in [4.78, 5) is 30.1. The molecule has 2 aromatic carbocycles. The molecule has 2 heterocycles. The molecule has 0 atom stereocenters. The van der Waals surface area contributed by atoms with Crippen molar-refractivity contribution in [3.63, 3.8) is 0 Å². The first-order valence-corrected chi connectivity index (χ1v) is 11.6. The van der Waals surface area contributed by atoms with Crippen molar-refractivity contribution in [2.75, 3.05) is 10.6 Å². The van der Waals surface area contributed by atoms with Gasteiger partial charge >= 0.3 is 0 Å². The molecule has 0 spiro atoms. The summed E-state index contributed by atoms with van der Waals surface area (Å²) in [6.07, 6.45) is 6.17. The van der Waals surface area contributed by atoms with Crippen LogP contribution in [-0.2, 0) is 12.8 Å². The van der Waals surface area contributed by atoms with Gasteiger partial charge in [-0.25, -0.2) is 9.07 Å². The van der Waals surface area contributed by atoms with Gasteiger partial charge in [0.15, 0.2) is 5.69 Å². The van der Waals surface area contributed by atoms with E-state index in [0.717, 1.165) is 49.0 Å². The molecule has 0 unspecified atom stereocenters. The number of rotatable bonds is 5. The average Bonchev–Trinajstić information content (AvgIpc) is 3.07. The molecule has 176 valence electrons. The van der Waals surface area contributed by atoms with Gasteiger partial charge in [-0.15, -0.1) is 0 Å². The third-order valence-electron chi connectivity index (χ3n) is 6.02. The van der Waals surface area contributed by atoms with Gasteiger partial charge in [0.1, 0.15) is 11.5 Å². The lowest BCUT2D eigenvalue weighted by Crippen LogP contribution is -2.19. The monoisotopic (exact) mass is 469 g/mol. The number of nitrogens with zero attached hydrogens (tertiary/aromatic N) is 3. The third-order valence-corrected chi connectivity index (χ3v) is 6.02. The van der Waals surface area contributed by atoms with Crippen LogP contribution in [0, 0.1) is 5.82 Å². The van der Waals surface area contributed by atoms with E-state index in [2.05, 4.69) is 20.7 Å². The summed E-state index contributed by atoms with van der Waals surface area (Å²) in [5, 5.41) is 10.1. The average molecular weight is 470 g/mol. The zero-order valence-corrected chi connectivity index (χ0v) is 19.0. The molecule has 0 radical (unpaired) electrons. The number of amides is 2. The number of nitrogens with one attached hydrogen (secondary N) is 2. The Morgan fingerprint density at radius 1 is 0.829 bits per heavy atom. The van der Waals surface area contributed by atoms with Crippen LogP contribution >= 0.6 is 0 Å². The van der Waals surface area contributed by atoms with E-state index in [9.17, 15) is 14.0 Å². The molecule has 0 aliphatic heterocycles. The van der Waals surface area contributed by atoms with E-state index in [4.69, 9.17) is 0 Å². The molecule has 0 saturated heterocycles. The Morgan fingerprint density at radius 2 is 1.60 bits per heavy atom. The van der Waals surface area contributed by atoms with Gasteiger partial charge in [0, 0.05) is 17.5 Å². The van der Waals surface area contributed by atoms with Crippen LogP contribution in [0.3, 0.4) is 0 Å². The van der Waals surface area contributed by atoms with Crippen LogP contribution < -0.4 is 10.6 Å². The Morgan fingerprint density at radius 3 is 2.40 bits per heavy atom. The molecule has 7 nitrogen and oxygen atoms in total. The summed E-state index contributed by atoms with van der Waals surface area (Å²) in [6, 6.07) is 18.5. The van der Waals surface area contributed by atoms with Crippen LogP contribution in [0.4, 0.5) is 15.8 Å². The topological polar surface area (TPSA) is 88.9 Å². The summed E-state index contributed by atoms with van der Waals surface area (Å²) in [6.45, 7) is 0. The molecule has 1 aliphatic rings. The lowest BCUT2D eigenvalue weighted by molar-refractivity contribution is 0.101. The predicted molar refractivity (Wildman–Crippen MR) is 131 cm³/mol. The molecule has 2 amide bonds. The van der Waals surface area contributed by atoms with Gasteiger partial charge in [-0.05, 0) is 68.1 Å². The van der Waals surface area contributed by atoms with Crippen LogP contribution in [0.2, 0.25) is 0 Å². The molecule has 1 aliphatic carbocycles. The normalized spacial score (nSPS) is 12.9. The van der Waals surface area contributed by atoms with Gasteiger partial charge in [-0.1, -0.05) is 30.7 Å². The van der Waals surface area contributed by atoms with Gasteiger partial charge in [0.05, 0.1) is 17.1 Å². The van der Waals surface area contributed by atoms with Gasteiger partial charge in [-0.3, -0.25) is 14.6 Å². The standard InChI is InChI=1S/C27H24FN5O2/c28-18-14-15-21(30-26(34)22-12-7-8-16-29-22)23(17-18)31-27(35)25-20-11-5-2-6-13-24(20)33(32-25)19-9-3-1-4-10-19/h1,3-4,7-10,12,14-17H,2,5-6,11,13H2,(H,30,34)(H,31,35). The second kappa shape index (κ2) is 9.89. The third kappa shape index (κ3) is 4.82. The zero-order valence-electron chi connectivity index (χ0n) is 19.0. The number of para-hydroxylation sites is 1. The first-order valence-electron chi connectivity index (χ1n) is 11.6. The molecule has 8 heteroatoms. The molecule has 2 N–H and O–H groups in total. The molecule has 4 aromatic rings. The Bertz CT molecular complexity index is 1370. The van der Waals surface area contributed by atoms with E-state index in [1.54, 1.807) is 18.2 Å². The summed E-state index contributed by atoms with van der Waals surface area (Å²) < 4.78 is 16.0. The fourth-order valence-corrected chi connectivity index (χ4v) is 4.33. The van der Waals surface area contributed by atoms with Crippen molar-refractivity contribution in [2.45, 2.75) is 32.1 Å². The number of fused-ring (bicyclic) bond motifs is 1. The number of pyridine rings is 1. The van der Waals surface area contributed by atoms with Crippen molar-refractivity contribution in [3.8, 4) is 5.69 Å². The van der Waals surface area contributed by atoms with Gasteiger partial charge < -0.3 is 10.6 Å². The fraction of sp³-hybridized carbons (Fsp3) is 0.185. The fourth-order valence-electron chi connectivity index (χ4n) is 4.33. The zero-order chi connectivity index (χ0) is 24.2. The second-order valence-electron chi connectivity index (χ2n) is 8.39. The van der Waals surface area contributed by atoms with E-state index in [1.165, 1.54) is 24.4 Å². The van der Waals surface area contributed by atoms with E-state index >= 15 is 0 Å². The summed E-state index contributed by atoms with van der Waals surface area (Å²) in [7, 11) is 0. The minimum Gasteiger partial charge on any atom is -0.319 e. The number of carbonyl (C=O) groups excluding carboxylic acids is 2. The highest BCUT2D eigenvalue weighted by molar-refractivity contribution is 6.09. The molecular formula is C27H24FN5O2. The first-order chi connectivity index (χ1) is 17.1. The summed E-state index contributed by atoms with van der Waals surface area (Å²) in [5.41, 5.74) is 3.78. The van der Waals surface area contributed by atoms with Crippen molar-refractivity contribution in [2.24, 2.45) is 0 Å². The molecule has 2 aromatic heterocycles. The largest absolute Gasteiger partial charge is 0.319 e. The molecule has 0 saturated carbocycles. The minimum atomic E-state index is -0.537. The van der Waals surface area contributed by atoms with Crippen LogP contribution in [0.15, 0.2) is 72.9 Å². The summed E-state index contributed by atoms with van der Waals surface area (Å²) >= 11 is 0. The number of anilines is 2. The van der Waals surface area contributed by atoms with Crippen molar-refractivity contribution in [1.82, 2.24) is 14.8 Å². The Balaban J connectivity index is 1.47. The maximum atomic E-state index is 14.1. The molecule has 0 fully saturated rings. The maximum absolute atomic E-state index is 14.1. The lowest BCUT2D eigenvalue weighted by atomic mass is 10.1. The Kier molecular flexibility index (Phi) is 6.34. The minimum absolute atomic E-state index is 0.149. The van der Waals surface area contributed by atoms with E-state index in [-0.39, 0.29) is 17.1 Å². The van der Waals surface area contributed by atoms with Crippen LogP contribution in [0.25, 0.3) is 5.69 Å². The lowest BCUT2D eigenvalue weighted by Gasteiger charge is -2.12. The molecule has 35 heavy (non-hydrogen) atoms. The maximum Gasteiger partial charge on any atom is 0.276 e. The van der Waals surface area contributed by atoms with Crippen molar-refractivity contribution >= 4 is 23.2 Å². The number of carbonyl (C=O) groups is 2. The number of benzene rings is 2. The number of halogens is 1. The van der Waals surface area contributed by atoms with Crippen molar-refractivity contribution < 1.29 is 14.0 Å². The van der Waals surface area contributed by atoms with E-state index in [0.29, 0.717) is 5.69 Å². The number of aromatic nitrogens is 3. The molecular weight excluding hydrogens is 445 g/mol. The van der Waals surface area contributed by atoms with Crippen molar-refractivity contribution in [1.29, 1.82) is 0 Å². The van der Waals surface area contributed by atoms with Crippen LogP contribution in [0.5, 0.6) is 0 Å². The van der Waals surface area contributed by atoms with Gasteiger partial charge in [0.2, 0.25) is 0 Å². The first kappa shape index (κ1) is 22.5. The Hall–Kier alpha value is -4.33. The number of hydrogen-bond donors (Lipinski definition) is 2. The summed E-state index contributed by atoms with van der Waals surface area (Å²) in [5.74, 6) is -1.45. The predicted octanol–water partition coefficient (Wildman–Crippen LogP) is 5.18. The van der Waals surface area contributed by atoms with Crippen LogP contribution in [0.1, 0.15) is 51.5 Å². The second-order valence-corrected chi connectivity index (χ2v) is 8.39. The van der Waals surface area contributed by atoms with Crippen LogP contribution in [-0.4, -0.2) is 26.6 Å². The highest BCUT2D eigenvalue weighted by atomic mass is 19.1. The highest BCUT2D eigenvalue weighted by Crippen LogP contribution is 2.29. The SMILES string of the molecule is O=C(Nc1ccc(F)cc1NC(=O)c1nn(-c2ccccc2)c2c1CCCCC2)c1ccccn1. The Labute approximate surface area is 202 Å². The van der Waals surface area contributed by atoms with E-state index < -0.39 is 17.6 Å². The molecule has 5 rings (SSSR count). The smallest absolute Gasteiger partial charge is 0.276 e. The van der Waals surface area contributed by atoms with Gasteiger partial charge in [0.25, 0.3) is 11.8 Å². The quantitative estimate of drug-likeness (QED) is 0.394. The number of hydrogen-bond acceptors (Lipinski definition) is 4. The molecule has 0 bridgehead atoms. The van der Waals surface area contributed by atoms with Gasteiger partial charge in [-0.2, -0.15) is 5.10 Å². The van der Waals surface area contributed by atoms with Crippen molar-refractivity contribution in [3.05, 3.63) is 101 Å². The highest BCUT2D eigenvalue weighted by Gasteiger charge is 2.25.